The fourth-order valence-electron chi connectivity index (χ4n) is 3.85. The lowest BCUT2D eigenvalue weighted by Gasteiger charge is -2.10. The molecular weight excluding hydrogens is 392 g/mol. The van der Waals surface area contributed by atoms with E-state index in [0.717, 1.165) is 28.1 Å². The minimum Gasteiger partial charge on any atom is -0.346 e. The van der Waals surface area contributed by atoms with Gasteiger partial charge in [-0.3, -0.25) is 4.98 Å². The normalized spacial score (nSPS) is 11.3. The van der Waals surface area contributed by atoms with Crippen LogP contribution in [0.4, 0.5) is 5.95 Å². The number of nitrogens with two attached hydrogens (primary N) is 1. The van der Waals surface area contributed by atoms with Crippen molar-refractivity contribution in [3.8, 4) is 22.4 Å². The fourth-order valence-corrected chi connectivity index (χ4v) is 3.85. The molecular formula is C22H21N8O+. The van der Waals surface area contributed by atoms with Gasteiger partial charge in [-0.25, -0.2) is 14.9 Å². The maximum absolute atomic E-state index is 13.2. The van der Waals surface area contributed by atoms with Gasteiger partial charge in [0.25, 0.3) is 0 Å². The predicted octanol–water partition coefficient (Wildman–Crippen LogP) is 2.01. The highest BCUT2D eigenvalue weighted by Crippen LogP contribution is 2.33. The Hall–Kier alpha value is -4.27. The number of anilines is 1. The van der Waals surface area contributed by atoms with Gasteiger partial charge in [-0.15, -0.1) is 9.38 Å². The van der Waals surface area contributed by atoms with Gasteiger partial charge in [0.2, 0.25) is 5.65 Å². The third-order valence-electron chi connectivity index (χ3n) is 5.10. The van der Waals surface area contributed by atoms with Gasteiger partial charge in [0.05, 0.1) is 5.56 Å². The Morgan fingerprint density at radius 1 is 1.06 bits per heavy atom. The van der Waals surface area contributed by atoms with E-state index in [1.54, 1.807) is 12.4 Å². The first-order chi connectivity index (χ1) is 15.0. The summed E-state index contributed by atoms with van der Waals surface area (Å²) in [5, 5.41) is 3.23. The quantitative estimate of drug-likeness (QED) is 0.389. The highest BCUT2D eigenvalue weighted by atomic mass is 16.2. The molecule has 0 unspecified atom stereocenters. The van der Waals surface area contributed by atoms with Crippen LogP contribution >= 0.6 is 0 Å². The Bertz CT molecular complexity index is 1430. The van der Waals surface area contributed by atoms with Crippen LogP contribution in [0.5, 0.6) is 0 Å². The first kappa shape index (κ1) is 18.7. The SMILES string of the molecule is Cc1cc(-c2c(-c3ccccc3)nc(N)[n+]3c(=O)n(Cc4ncc[nH]4)[nH]c23)cc(C)n1. The average molecular weight is 413 g/mol. The Balaban J connectivity index is 1.85. The molecule has 9 nitrogen and oxygen atoms in total. The number of rotatable bonds is 4. The number of hydrogen-bond donors (Lipinski definition) is 3. The number of H-pyrrole nitrogens is 2. The summed E-state index contributed by atoms with van der Waals surface area (Å²) in [5.41, 5.74) is 11.5. The number of imidazole rings is 1. The number of pyridine rings is 1. The number of aryl methyl sites for hydroxylation is 2. The molecule has 5 aromatic rings. The van der Waals surface area contributed by atoms with Gasteiger partial charge in [-0.2, -0.15) is 4.68 Å². The van der Waals surface area contributed by atoms with E-state index < -0.39 is 0 Å². The molecule has 9 heteroatoms. The predicted molar refractivity (Wildman–Crippen MR) is 116 cm³/mol. The van der Waals surface area contributed by atoms with Crippen molar-refractivity contribution in [1.29, 1.82) is 0 Å². The molecule has 4 heterocycles. The van der Waals surface area contributed by atoms with Gasteiger partial charge in [0, 0.05) is 29.3 Å². The number of aromatic amines is 2. The summed E-state index contributed by atoms with van der Waals surface area (Å²) in [5.74, 6) is 0.765. The monoisotopic (exact) mass is 413 g/mol. The van der Waals surface area contributed by atoms with E-state index >= 15 is 0 Å². The zero-order chi connectivity index (χ0) is 21.5. The van der Waals surface area contributed by atoms with Crippen LogP contribution in [0.25, 0.3) is 28.0 Å². The molecule has 0 atom stereocenters. The van der Waals surface area contributed by atoms with Crippen molar-refractivity contribution < 1.29 is 4.40 Å². The van der Waals surface area contributed by atoms with Crippen LogP contribution in [0, 0.1) is 13.8 Å². The lowest BCUT2D eigenvalue weighted by atomic mass is 9.99. The first-order valence-corrected chi connectivity index (χ1v) is 9.84. The Morgan fingerprint density at radius 3 is 2.48 bits per heavy atom. The van der Waals surface area contributed by atoms with Crippen LogP contribution in [0.3, 0.4) is 0 Å². The number of nitrogen functional groups attached to an aromatic ring is 1. The molecule has 0 fully saturated rings. The standard InChI is InChI=1S/C22H20N8O/c1-13-10-16(11-14(2)26-13)18-19(15-6-4-3-5-7-15)27-21(23)30-20(18)28-29(22(30)31)12-17-24-8-9-25-17/h3-11H,12H2,1-2H3,(H3,23,24,25,26,27,28)/p+1. The summed E-state index contributed by atoms with van der Waals surface area (Å²) < 4.78 is 2.86. The van der Waals surface area contributed by atoms with Crippen LogP contribution in [-0.2, 0) is 6.54 Å². The summed E-state index contributed by atoms with van der Waals surface area (Å²) in [6.45, 7) is 4.14. The average Bonchev–Trinajstić information content (AvgIpc) is 3.36. The largest absolute Gasteiger partial charge is 0.428 e. The molecule has 0 saturated carbocycles. The van der Waals surface area contributed by atoms with Crippen molar-refractivity contribution >= 4 is 11.6 Å². The molecule has 4 N–H and O–H groups in total. The minimum atomic E-state index is -0.320. The maximum atomic E-state index is 13.2. The van der Waals surface area contributed by atoms with E-state index in [2.05, 4.69) is 25.0 Å². The molecule has 5 rings (SSSR count). The van der Waals surface area contributed by atoms with E-state index in [9.17, 15) is 4.79 Å². The molecule has 0 amide bonds. The van der Waals surface area contributed by atoms with Gasteiger partial charge in [0.1, 0.15) is 18.1 Å². The number of nitrogens with one attached hydrogen (secondary N) is 2. The van der Waals surface area contributed by atoms with Crippen LogP contribution in [0.15, 0.2) is 59.7 Å². The van der Waals surface area contributed by atoms with Crippen molar-refractivity contribution in [3.63, 3.8) is 0 Å². The smallest absolute Gasteiger partial charge is 0.346 e. The zero-order valence-electron chi connectivity index (χ0n) is 17.1. The van der Waals surface area contributed by atoms with Crippen LogP contribution in [0.2, 0.25) is 0 Å². The van der Waals surface area contributed by atoms with Crippen molar-refractivity contribution in [2.45, 2.75) is 20.4 Å². The van der Waals surface area contributed by atoms with Crippen molar-refractivity contribution in [3.05, 3.63) is 82.6 Å². The molecule has 4 aromatic heterocycles. The minimum absolute atomic E-state index is 0.111. The van der Waals surface area contributed by atoms with E-state index in [1.165, 1.54) is 9.08 Å². The first-order valence-electron chi connectivity index (χ1n) is 9.84. The number of fused-ring (bicyclic) bond motifs is 1. The molecule has 1 aromatic carbocycles. The van der Waals surface area contributed by atoms with E-state index in [-0.39, 0.29) is 18.2 Å². The molecule has 0 spiro atoms. The molecule has 154 valence electrons. The van der Waals surface area contributed by atoms with E-state index in [0.29, 0.717) is 17.2 Å². The third-order valence-corrected chi connectivity index (χ3v) is 5.10. The highest BCUT2D eigenvalue weighted by Gasteiger charge is 2.26. The second-order valence-electron chi connectivity index (χ2n) is 7.40. The summed E-state index contributed by atoms with van der Waals surface area (Å²) in [4.78, 5) is 29.5. The van der Waals surface area contributed by atoms with Crippen molar-refractivity contribution in [1.82, 2.24) is 29.7 Å². The molecule has 0 radical (unpaired) electrons. The van der Waals surface area contributed by atoms with Gasteiger partial charge < -0.3 is 10.7 Å². The summed E-state index contributed by atoms with van der Waals surface area (Å²) >= 11 is 0. The molecule has 0 aliphatic rings. The van der Waals surface area contributed by atoms with Crippen molar-refractivity contribution in [2.24, 2.45) is 0 Å². The number of aromatic nitrogens is 7. The Kier molecular flexibility index (Phi) is 4.36. The van der Waals surface area contributed by atoms with Crippen molar-refractivity contribution in [2.75, 3.05) is 5.73 Å². The summed E-state index contributed by atoms with van der Waals surface area (Å²) in [6.07, 6.45) is 3.36. The summed E-state index contributed by atoms with van der Waals surface area (Å²) in [7, 11) is 0. The molecule has 0 bridgehead atoms. The summed E-state index contributed by atoms with van der Waals surface area (Å²) in [6, 6.07) is 13.7. The Labute approximate surface area is 177 Å². The molecule has 0 aliphatic heterocycles. The third kappa shape index (κ3) is 3.25. The molecule has 0 saturated heterocycles. The molecule has 0 aliphatic carbocycles. The highest BCUT2D eigenvalue weighted by molar-refractivity contribution is 5.88. The van der Waals surface area contributed by atoms with Crippen LogP contribution in [0.1, 0.15) is 17.2 Å². The zero-order valence-corrected chi connectivity index (χ0v) is 17.1. The second-order valence-corrected chi connectivity index (χ2v) is 7.40. The van der Waals surface area contributed by atoms with E-state index in [4.69, 9.17) is 5.73 Å². The Morgan fingerprint density at radius 2 is 1.81 bits per heavy atom. The second kappa shape index (κ2) is 7.21. The lowest BCUT2D eigenvalue weighted by molar-refractivity contribution is -0.516. The lowest BCUT2D eigenvalue weighted by Crippen LogP contribution is -2.44. The van der Waals surface area contributed by atoms with E-state index in [1.807, 2.05) is 56.3 Å². The van der Waals surface area contributed by atoms with Crippen LogP contribution in [-0.4, -0.2) is 29.7 Å². The van der Waals surface area contributed by atoms with Crippen LogP contribution < -0.4 is 15.8 Å². The van der Waals surface area contributed by atoms with Gasteiger partial charge in [-0.05, 0) is 31.5 Å². The number of nitrogens with zero attached hydrogens (tertiary/aromatic N) is 5. The van der Waals surface area contributed by atoms with Gasteiger partial charge >= 0.3 is 11.6 Å². The number of benzene rings is 1. The van der Waals surface area contributed by atoms with Gasteiger partial charge in [0.15, 0.2) is 0 Å². The maximum Gasteiger partial charge on any atom is 0.428 e. The van der Waals surface area contributed by atoms with Gasteiger partial charge in [-0.1, -0.05) is 30.3 Å². The number of hydrogen-bond acceptors (Lipinski definition) is 5. The fraction of sp³-hybridized carbons (Fsp3) is 0.136. The topological polar surface area (TPSA) is 122 Å². The molecule has 31 heavy (non-hydrogen) atoms.